The highest BCUT2D eigenvalue weighted by atomic mass is 16.6. The summed E-state index contributed by atoms with van der Waals surface area (Å²) in [6.07, 6.45) is 4.46. The zero-order chi connectivity index (χ0) is 21.8. The average molecular weight is 414 g/mol. The molecule has 0 saturated heterocycles. The first-order chi connectivity index (χ1) is 14.4. The van der Waals surface area contributed by atoms with Crippen LogP contribution in [0.25, 0.3) is 0 Å². The minimum Gasteiger partial charge on any atom is -0.492 e. The molecule has 0 heterocycles. The van der Waals surface area contributed by atoms with Crippen molar-refractivity contribution in [2.45, 2.75) is 59.0 Å². The van der Waals surface area contributed by atoms with Gasteiger partial charge in [-0.3, -0.25) is 0 Å². The molecule has 0 bridgehead atoms. The molecule has 2 aromatic rings. The summed E-state index contributed by atoms with van der Waals surface area (Å²) in [4.78, 5) is 11.6. The summed E-state index contributed by atoms with van der Waals surface area (Å²) in [5.74, 6) is 0.739. The lowest BCUT2D eigenvalue weighted by molar-refractivity contribution is 0.0520. The van der Waals surface area contributed by atoms with Crippen LogP contribution in [0, 0.1) is 0 Å². The third-order valence-electron chi connectivity index (χ3n) is 4.27. The molecule has 0 aliphatic rings. The number of ether oxygens (including phenoxy) is 2. The molecule has 0 saturated carbocycles. The van der Waals surface area contributed by atoms with Crippen molar-refractivity contribution in [3.05, 3.63) is 54.1 Å². The molecule has 0 unspecified atom stereocenters. The molecule has 0 fully saturated rings. The zero-order valence-electron chi connectivity index (χ0n) is 18.6. The molecule has 3 N–H and O–H groups in total. The molecule has 0 radical (unpaired) electrons. The quantitative estimate of drug-likeness (QED) is 0.323. The predicted molar refractivity (Wildman–Crippen MR) is 123 cm³/mol. The molecule has 0 atom stereocenters. The standard InChI is InChI=1S/C24H35N3O3/c1-5-6-7-8-19-9-11-20(12-10-19)26-27-21-13-15-22(16-14-21)29-18-17-25-23(28)30-24(2,3)4/h9-16,26-27H,5-8,17-18H2,1-4H3,(H,25,28). The zero-order valence-corrected chi connectivity index (χ0v) is 18.6. The van der Waals surface area contributed by atoms with E-state index in [4.69, 9.17) is 9.47 Å². The Balaban J connectivity index is 1.67. The molecule has 1 amide bonds. The molecule has 30 heavy (non-hydrogen) atoms. The third-order valence-corrected chi connectivity index (χ3v) is 4.27. The number of carbonyl (C=O) groups is 1. The second-order valence-electron chi connectivity index (χ2n) is 8.21. The maximum absolute atomic E-state index is 11.6. The van der Waals surface area contributed by atoms with E-state index in [9.17, 15) is 4.79 Å². The van der Waals surface area contributed by atoms with E-state index < -0.39 is 11.7 Å². The Morgan fingerprint density at radius 2 is 1.50 bits per heavy atom. The van der Waals surface area contributed by atoms with Crippen molar-refractivity contribution in [3.63, 3.8) is 0 Å². The molecule has 2 rings (SSSR count). The summed E-state index contributed by atoms with van der Waals surface area (Å²) in [7, 11) is 0. The molecule has 2 aromatic carbocycles. The SMILES string of the molecule is CCCCCc1ccc(NNc2ccc(OCCNC(=O)OC(C)(C)C)cc2)cc1. The van der Waals surface area contributed by atoms with Gasteiger partial charge in [0.05, 0.1) is 17.9 Å². The van der Waals surface area contributed by atoms with E-state index in [2.05, 4.69) is 47.4 Å². The highest BCUT2D eigenvalue weighted by Crippen LogP contribution is 2.17. The number of unbranched alkanes of at least 4 members (excludes halogenated alkanes) is 2. The number of anilines is 2. The molecule has 0 spiro atoms. The first-order valence-corrected chi connectivity index (χ1v) is 10.7. The van der Waals surface area contributed by atoms with Crippen LogP contribution in [0.4, 0.5) is 16.2 Å². The lowest BCUT2D eigenvalue weighted by atomic mass is 10.1. The van der Waals surface area contributed by atoms with Crippen LogP contribution in [0.15, 0.2) is 48.5 Å². The Bertz CT molecular complexity index is 753. The Morgan fingerprint density at radius 3 is 2.07 bits per heavy atom. The van der Waals surface area contributed by atoms with Gasteiger partial charge in [-0.25, -0.2) is 4.79 Å². The second kappa shape index (κ2) is 12.0. The van der Waals surface area contributed by atoms with E-state index in [-0.39, 0.29) is 0 Å². The third kappa shape index (κ3) is 9.54. The van der Waals surface area contributed by atoms with Crippen molar-refractivity contribution in [2.75, 3.05) is 24.0 Å². The van der Waals surface area contributed by atoms with Gasteiger partial charge < -0.3 is 25.6 Å². The molecule has 0 aliphatic heterocycles. The van der Waals surface area contributed by atoms with Gasteiger partial charge in [-0.2, -0.15) is 0 Å². The number of hydrazine groups is 1. The normalized spacial score (nSPS) is 10.9. The number of amides is 1. The highest BCUT2D eigenvalue weighted by Gasteiger charge is 2.15. The van der Waals surface area contributed by atoms with Gasteiger partial charge in [0.1, 0.15) is 18.0 Å². The summed E-state index contributed by atoms with van der Waals surface area (Å²) in [5, 5.41) is 2.67. The van der Waals surface area contributed by atoms with Gasteiger partial charge in [0.15, 0.2) is 0 Å². The smallest absolute Gasteiger partial charge is 0.407 e. The van der Waals surface area contributed by atoms with Crippen LogP contribution >= 0.6 is 0 Å². The van der Waals surface area contributed by atoms with E-state index in [0.717, 1.165) is 23.5 Å². The largest absolute Gasteiger partial charge is 0.492 e. The van der Waals surface area contributed by atoms with Gasteiger partial charge in [-0.05, 0) is 75.6 Å². The number of nitrogens with one attached hydrogen (secondary N) is 3. The van der Waals surface area contributed by atoms with Gasteiger partial charge in [0.2, 0.25) is 0 Å². The van der Waals surface area contributed by atoms with Crippen LogP contribution in [0.2, 0.25) is 0 Å². The van der Waals surface area contributed by atoms with Crippen molar-refractivity contribution in [3.8, 4) is 5.75 Å². The van der Waals surface area contributed by atoms with Gasteiger partial charge in [0, 0.05) is 0 Å². The summed E-state index contributed by atoms with van der Waals surface area (Å²) < 4.78 is 10.8. The molecular weight excluding hydrogens is 378 g/mol. The van der Waals surface area contributed by atoms with Crippen LogP contribution in [0.5, 0.6) is 5.75 Å². The monoisotopic (exact) mass is 413 g/mol. The average Bonchev–Trinajstić information content (AvgIpc) is 2.70. The maximum Gasteiger partial charge on any atom is 0.407 e. The highest BCUT2D eigenvalue weighted by molar-refractivity contribution is 5.67. The summed E-state index contributed by atoms with van der Waals surface area (Å²) >= 11 is 0. The van der Waals surface area contributed by atoms with E-state index in [1.165, 1.54) is 24.8 Å². The van der Waals surface area contributed by atoms with Gasteiger partial charge in [-0.1, -0.05) is 31.9 Å². The number of benzene rings is 2. The van der Waals surface area contributed by atoms with E-state index in [1.807, 2.05) is 45.0 Å². The number of alkyl carbamates (subject to hydrolysis) is 1. The van der Waals surface area contributed by atoms with Gasteiger partial charge in [0.25, 0.3) is 0 Å². The lowest BCUT2D eigenvalue weighted by Crippen LogP contribution is -2.34. The molecule has 0 aromatic heterocycles. The minimum absolute atomic E-state index is 0.370. The number of carbonyl (C=O) groups excluding carboxylic acids is 1. The van der Waals surface area contributed by atoms with Crippen molar-refractivity contribution >= 4 is 17.5 Å². The second-order valence-corrected chi connectivity index (χ2v) is 8.21. The van der Waals surface area contributed by atoms with Gasteiger partial charge in [-0.15, -0.1) is 0 Å². The van der Waals surface area contributed by atoms with Crippen LogP contribution in [-0.4, -0.2) is 24.8 Å². The fourth-order valence-electron chi connectivity index (χ4n) is 2.75. The molecule has 6 heteroatoms. The fourth-order valence-corrected chi connectivity index (χ4v) is 2.75. The van der Waals surface area contributed by atoms with Crippen LogP contribution in [-0.2, 0) is 11.2 Å². The summed E-state index contributed by atoms with van der Waals surface area (Å²) in [5.41, 5.74) is 9.21. The Hall–Kier alpha value is -2.89. The fraction of sp³-hybridized carbons (Fsp3) is 0.458. The minimum atomic E-state index is -0.502. The first kappa shape index (κ1) is 23.4. The topological polar surface area (TPSA) is 71.6 Å². The maximum atomic E-state index is 11.6. The summed E-state index contributed by atoms with van der Waals surface area (Å²) in [6, 6.07) is 16.1. The molecule has 0 aliphatic carbocycles. The van der Waals surface area contributed by atoms with E-state index in [1.54, 1.807) is 0 Å². The van der Waals surface area contributed by atoms with Gasteiger partial charge >= 0.3 is 6.09 Å². The van der Waals surface area contributed by atoms with Crippen LogP contribution in [0.3, 0.4) is 0 Å². The van der Waals surface area contributed by atoms with Crippen molar-refractivity contribution in [1.29, 1.82) is 0 Å². The van der Waals surface area contributed by atoms with Crippen molar-refractivity contribution in [2.24, 2.45) is 0 Å². The predicted octanol–water partition coefficient (Wildman–Crippen LogP) is 5.76. The Morgan fingerprint density at radius 1 is 0.900 bits per heavy atom. The number of rotatable bonds is 11. The first-order valence-electron chi connectivity index (χ1n) is 10.7. The van der Waals surface area contributed by atoms with Crippen LogP contribution in [0.1, 0.15) is 52.5 Å². The molecule has 6 nitrogen and oxygen atoms in total. The van der Waals surface area contributed by atoms with Crippen molar-refractivity contribution in [1.82, 2.24) is 5.32 Å². The number of hydrogen-bond acceptors (Lipinski definition) is 5. The van der Waals surface area contributed by atoms with E-state index in [0.29, 0.717) is 13.2 Å². The number of aryl methyl sites for hydroxylation is 1. The summed E-state index contributed by atoms with van der Waals surface area (Å²) in [6.45, 7) is 8.46. The molecular formula is C24H35N3O3. The molecule has 164 valence electrons. The Kier molecular flexibility index (Phi) is 9.32. The van der Waals surface area contributed by atoms with Crippen LogP contribution < -0.4 is 20.9 Å². The Labute approximate surface area is 180 Å². The van der Waals surface area contributed by atoms with E-state index >= 15 is 0 Å². The van der Waals surface area contributed by atoms with Crippen molar-refractivity contribution < 1.29 is 14.3 Å². The number of hydrogen-bond donors (Lipinski definition) is 3. The lowest BCUT2D eigenvalue weighted by Gasteiger charge is -2.19.